The molecule has 1 amide bonds. The van der Waals surface area contributed by atoms with Crippen LogP contribution in [0.4, 0.5) is 0 Å². The third-order valence-electron chi connectivity index (χ3n) is 3.39. The SMILES string of the molecule is CCOc1ccc(/C=N/OC(C)C(=O)NCc2ccccc2Cl)cc1. The molecule has 0 aromatic heterocycles. The first-order valence-corrected chi connectivity index (χ1v) is 8.41. The van der Waals surface area contributed by atoms with Gasteiger partial charge in [-0.3, -0.25) is 4.79 Å². The van der Waals surface area contributed by atoms with E-state index in [4.69, 9.17) is 21.2 Å². The fourth-order valence-corrected chi connectivity index (χ4v) is 2.22. The molecule has 0 saturated carbocycles. The van der Waals surface area contributed by atoms with Gasteiger partial charge in [0.25, 0.3) is 5.91 Å². The second-order valence-electron chi connectivity index (χ2n) is 5.29. The van der Waals surface area contributed by atoms with Gasteiger partial charge < -0.3 is 14.9 Å². The number of nitrogens with one attached hydrogen (secondary N) is 1. The molecule has 1 N–H and O–H groups in total. The Kier molecular flexibility index (Phi) is 7.29. The summed E-state index contributed by atoms with van der Waals surface area (Å²) in [7, 11) is 0. The molecule has 0 aliphatic rings. The number of carbonyl (C=O) groups excluding carboxylic acids is 1. The van der Waals surface area contributed by atoms with Crippen LogP contribution in [0.3, 0.4) is 0 Å². The number of amides is 1. The summed E-state index contributed by atoms with van der Waals surface area (Å²) in [4.78, 5) is 17.2. The summed E-state index contributed by atoms with van der Waals surface area (Å²) in [6.45, 7) is 4.53. The Bertz CT molecular complexity index is 717. The van der Waals surface area contributed by atoms with Gasteiger partial charge in [0, 0.05) is 11.6 Å². The maximum atomic E-state index is 12.0. The quantitative estimate of drug-likeness (QED) is 0.575. The van der Waals surface area contributed by atoms with Crippen LogP contribution >= 0.6 is 11.6 Å². The van der Waals surface area contributed by atoms with Crippen molar-refractivity contribution in [2.45, 2.75) is 26.5 Å². The minimum atomic E-state index is -0.707. The summed E-state index contributed by atoms with van der Waals surface area (Å²) in [5.74, 6) is 0.539. The van der Waals surface area contributed by atoms with Crippen molar-refractivity contribution in [1.29, 1.82) is 0 Å². The molecular formula is C19H21ClN2O3. The minimum Gasteiger partial charge on any atom is -0.494 e. The van der Waals surface area contributed by atoms with E-state index in [0.29, 0.717) is 18.2 Å². The molecule has 0 spiro atoms. The molecule has 2 rings (SSSR count). The molecule has 2 aromatic rings. The molecule has 5 nitrogen and oxygen atoms in total. The number of benzene rings is 2. The Balaban J connectivity index is 1.79. The zero-order valence-electron chi connectivity index (χ0n) is 14.2. The molecule has 0 fully saturated rings. The largest absolute Gasteiger partial charge is 0.494 e. The van der Waals surface area contributed by atoms with E-state index in [1.165, 1.54) is 0 Å². The van der Waals surface area contributed by atoms with Gasteiger partial charge in [0.15, 0.2) is 0 Å². The highest BCUT2D eigenvalue weighted by atomic mass is 35.5. The molecule has 0 radical (unpaired) electrons. The summed E-state index contributed by atoms with van der Waals surface area (Å²) in [6.07, 6.45) is 0.842. The number of rotatable bonds is 8. The number of oxime groups is 1. The van der Waals surface area contributed by atoms with E-state index < -0.39 is 6.10 Å². The predicted molar refractivity (Wildman–Crippen MR) is 99.1 cm³/mol. The lowest BCUT2D eigenvalue weighted by atomic mass is 10.2. The average Bonchev–Trinajstić information content (AvgIpc) is 2.62. The highest BCUT2D eigenvalue weighted by molar-refractivity contribution is 6.31. The van der Waals surface area contributed by atoms with Gasteiger partial charge >= 0.3 is 0 Å². The van der Waals surface area contributed by atoms with Gasteiger partial charge in [-0.25, -0.2) is 0 Å². The maximum Gasteiger partial charge on any atom is 0.263 e. The first-order valence-electron chi connectivity index (χ1n) is 8.03. The van der Waals surface area contributed by atoms with Crippen LogP contribution in [0.1, 0.15) is 25.0 Å². The Labute approximate surface area is 152 Å². The van der Waals surface area contributed by atoms with Crippen LogP contribution in [-0.4, -0.2) is 24.8 Å². The molecule has 0 aliphatic carbocycles. The molecule has 1 unspecified atom stereocenters. The molecule has 0 heterocycles. The van der Waals surface area contributed by atoms with E-state index in [2.05, 4.69) is 10.5 Å². The Morgan fingerprint density at radius 3 is 2.64 bits per heavy atom. The molecule has 6 heteroatoms. The van der Waals surface area contributed by atoms with Crippen LogP contribution in [0, 0.1) is 0 Å². The van der Waals surface area contributed by atoms with E-state index in [9.17, 15) is 4.79 Å². The Morgan fingerprint density at radius 2 is 1.96 bits per heavy atom. The molecule has 0 bridgehead atoms. The molecule has 132 valence electrons. The van der Waals surface area contributed by atoms with Crippen LogP contribution in [0.5, 0.6) is 5.75 Å². The van der Waals surface area contributed by atoms with Crippen molar-refractivity contribution < 1.29 is 14.4 Å². The zero-order chi connectivity index (χ0) is 18.1. The van der Waals surface area contributed by atoms with Crippen molar-refractivity contribution >= 4 is 23.7 Å². The number of nitrogens with zero attached hydrogens (tertiary/aromatic N) is 1. The fraction of sp³-hybridized carbons (Fsp3) is 0.263. The van der Waals surface area contributed by atoms with Crippen molar-refractivity contribution in [1.82, 2.24) is 5.32 Å². The van der Waals surface area contributed by atoms with Crippen LogP contribution in [0.2, 0.25) is 5.02 Å². The van der Waals surface area contributed by atoms with Crippen LogP contribution in [0.15, 0.2) is 53.7 Å². The molecule has 25 heavy (non-hydrogen) atoms. The number of hydrogen-bond donors (Lipinski definition) is 1. The highest BCUT2D eigenvalue weighted by Gasteiger charge is 2.13. The summed E-state index contributed by atoms with van der Waals surface area (Å²) < 4.78 is 5.37. The second-order valence-corrected chi connectivity index (χ2v) is 5.70. The molecule has 0 saturated heterocycles. The first kappa shape index (κ1) is 18.8. The van der Waals surface area contributed by atoms with Gasteiger partial charge in [0.2, 0.25) is 6.10 Å². The number of carbonyl (C=O) groups is 1. The first-order chi connectivity index (χ1) is 12.1. The Hall–Kier alpha value is -2.53. The lowest BCUT2D eigenvalue weighted by Crippen LogP contribution is -2.33. The standard InChI is InChI=1S/C19H21ClN2O3/c1-3-24-17-10-8-15(9-11-17)12-22-25-14(2)19(23)21-13-16-6-4-5-7-18(16)20/h4-12,14H,3,13H2,1-2H3,(H,21,23)/b22-12+. The van der Waals surface area contributed by atoms with E-state index in [1.54, 1.807) is 19.2 Å². The summed E-state index contributed by atoms with van der Waals surface area (Å²) >= 11 is 6.05. The van der Waals surface area contributed by atoms with Crippen molar-refractivity contribution in [2.24, 2.45) is 5.16 Å². The van der Waals surface area contributed by atoms with Gasteiger partial charge in [0.1, 0.15) is 5.75 Å². The zero-order valence-corrected chi connectivity index (χ0v) is 15.0. The molecular weight excluding hydrogens is 340 g/mol. The number of halogens is 1. The third-order valence-corrected chi connectivity index (χ3v) is 3.76. The van der Waals surface area contributed by atoms with Crippen LogP contribution in [0.25, 0.3) is 0 Å². The number of ether oxygens (including phenoxy) is 1. The molecule has 1 atom stereocenters. The fourth-order valence-electron chi connectivity index (χ4n) is 2.02. The van der Waals surface area contributed by atoms with Gasteiger partial charge in [0.05, 0.1) is 12.8 Å². The van der Waals surface area contributed by atoms with Crippen molar-refractivity contribution in [2.75, 3.05) is 6.61 Å². The van der Waals surface area contributed by atoms with Crippen molar-refractivity contribution in [3.63, 3.8) is 0 Å². The van der Waals surface area contributed by atoms with Crippen LogP contribution in [-0.2, 0) is 16.2 Å². The Morgan fingerprint density at radius 1 is 1.24 bits per heavy atom. The summed E-state index contributed by atoms with van der Waals surface area (Å²) in [6, 6.07) is 14.8. The predicted octanol–water partition coefficient (Wildman–Crippen LogP) is 3.79. The second kappa shape index (κ2) is 9.69. The van der Waals surface area contributed by atoms with E-state index in [-0.39, 0.29) is 5.91 Å². The average molecular weight is 361 g/mol. The third kappa shape index (κ3) is 6.12. The lowest BCUT2D eigenvalue weighted by Gasteiger charge is -2.11. The summed E-state index contributed by atoms with van der Waals surface area (Å²) in [5.41, 5.74) is 1.70. The van der Waals surface area contributed by atoms with E-state index >= 15 is 0 Å². The molecule has 2 aromatic carbocycles. The highest BCUT2D eigenvalue weighted by Crippen LogP contribution is 2.14. The van der Waals surface area contributed by atoms with Gasteiger partial charge in [-0.15, -0.1) is 0 Å². The van der Waals surface area contributed by atoms with E-state index in [0.717, 1.165) is 16.9 Å². The van der Waals surface area contributed by atoms with Gasteiger partial charge in [-0.05, 0) is 55.3 Å². The van der Waals surface area contributed by atoms with Crippen molar-refractivity contribution in [3.8, 4) is 5.75 Å². The monoisotopic (exact) mass is 360 g/mol. The topological polar surface area (TPSA) is 59.9 Å². The number of hydrogen-bond acceptors (Lipinski definition) is 4. The van der Waals surface area contributed by atoms with E-state index in [1.807, 2.05) is 49.4 Å². The summed E-state index contributed by atoms with van der Waals surface area (Å²) in [5, 5.41) is 7.24. The van der Waals surface area contributed by atoms with Gasteiger partial charge in [-0.2, -0.15) is 0 Å². The minimum absolute atomic E-state index is 0.260. The normalized spacial score (nSPS) is 12.0. The molecule has 0 aliphatic heterocycles. The van der Waals surface area contributed by atoms with Gasteiger partial charge in [-0.1, -0.05) is 35.0 Å². The smallest absolute Gasteiger partial charge is 0.263 e. The van der Waals surface area contributed by atoms with Crippen molar-refractivity contribution in [3.05, 3.63) is 64.7 Å². The van der Waals surface area contributed by atoms with Crippen LogP contribution < -0.4 is 10.1 Å². The maximum absolute atomic E-state index is 12.0. The lowest BCUT2D eigenvalue weighted by molar-refractivity contribution is -0.131.